The molecule has 3 rings (SSSR count). The Hall–Kier alpha value is -2.41. The minimum Gasteiger partial charge on any atom is -0.342 e. The number of rotatable bonds is 3. The molecule has 0 aliphatic carbocycles. The second kappa shape index (κ2) is 6.60. The highest BCUT2D eigenvalue weighted by molar-refractivity contribution is 5.98. The monoisotopic (exact) mass is 330 g/mol. The van der Waals surface area contributed by atoms with Crippen LogP contribution in [0.15, 0.2) is 30.3 Å². The third-order valence-electron chi connectivity index (χ3n) is 4.56. The summed E-state index contributed by atoms with van der Waals surface area (Å²) >= 11 is 0. The molecule has 0 bridgehead atoms. The molecule has 2 aliphatic rings. The zero-order chi connectivity index (χ0) is 17.3. The molecule has 3 unspecified atom stereocenters. The highest BCUT2D eigenvalue weighted by Crippen LogP contribution is 2.18. The molecule has 128 valence electrons. The maximum Gasteiger partial charge on any atom is 0.246 e. The largest absolute Gasteiger partial charge is 0.342 e. The van der Waals surface area contributed by atoms with Crippen LogP contribution in [0.5, 0.6) is 0 Å². The first-order chi connectivity index (χ1) is 11.5. The van der Waals surface area contributed by atoms with E-state index < -0.39 is 18.1 Å². The van der Waals surface area contributed by atoms with Gasteiger partial charge in [-0.05, 0) is 12.5 Å². The Morgan fingerprint density at radius 2 is 2.00 bits per heavy atom. The lowest BCUT2D eigenvalue weighted by atomic mass is 9.98. The van der Waals surface area contributed by atoms with Crippen LogP contribution in [-0.2, 0) is 20.8 Å². The summed E-state index contributed by atoms with van der Waals surface area (Å²) in [5, 5.41) is 2.80. The van der Waals surface area contributed by atoms with E-state index in [4.69, 9.17) is 5.73 Å². The Labute approximate surface area is 140 Å². The zero-order valence-corrected chi connectivity index (χ0v) is 13.6. The van der Waals surface area contributed by atoms with Crippen molar-refractivity contribution in [1.82, 2.24) is 15.1 Å². The van der Waals surface area contributed by atoms with Gasteiger partial charge in [-0.2, -0.15) is 0 Å². The molecule has 1 aromatic rings. The van der Waals surface area contributed by atoms with Crippen molar-refractivity contribution in [1.29, 1.82) is 0 Å². The van der Waals surface area contributed by atoms with E-state index in [1.54, 1.807) is 16.7 Å². The maximum atomic E-state index is 12.7. The van der Waals surface area contributed by atoms with Gasteiger partial charge in [0.15, 0.2) is 0 Å². The molecule has 0 saturated carbocycles. The SMILES string of the molecule is CC(N)C(=O)N1CCN2C(=O)C(Cc3ccccc3)NC(=O)C2C1. The number of nitrogens with one attached hydrogen (secondary N) is 1. The fraction of sp³-hybridized carbons (Fsp3) is 0.471. The second-order valence-electron chi connectivity index (χ2n) is 6.37. The number of hydrogen-bond acceptors (Lipinski definition) is 4. The number of benzene rings is 1. The van der Waals surface area contributed by atoms with Crippen molar-refractivity contribution in [3.63, 3.8) is 0 Å². The highest BCUT2D eigenvalue weighted by atomic mass is 16.2. The third kappa shape index (κ3) is 3.12. The molecule has 2 fully saturated rings. The number of nitrogens with two attached hydrogens (primary N) is 1. The van der Waals surface area contributed by atoms with Gasteiger partial charge in [0.25, 0.3) is 0 Å². The van der Waals surface area contributed by atoms with Crippen molar-refractivity contribution in [2.45, 2.75) is 31.5 Å². The summed E-state index contributed by atoms with van der Waals surface area (Å²) in [6, 6.07) is 7.82. The van der Waals surface area contributed by atoms with Gasteiger partial charge in [0.2, 0.25) is 17.7 Å². The average molecular weight is 330 g/mol. The molecule has 2 aliphatic heterocycles. The van der Waals surface area contributed by atoms with Gasteiger partial charge in [-0.25, -0.2) is 0 Å². The number of amides is 3. The molecule has 7 heteroatoms. The third-order valence-corrected chi connectivity index (χ3v) is 4.56. The van der Waals surface area contributed by atoms with E-state index in [-0.39, 0.29) is 24.3 Å². The van der Waals surface area contributed by atoms with Crippen molar-refractivity contribution in [3.8, 4) is 0 Å². The molecular formula is C17H22N4O3. The average Bonchev–Trinajstić information content (AvgIpc) is 2.59. The Morgan fingerprint density at radius 3 is 2.67 bits per heavy atom. The number of nitrogens with zero attached hydrogens (tertiary/aromatic N) is 2. The summed E-state index contributed by atoms with van der Waals surface area (Å²) in [6.45, 7) is 2.60. The van der Waals surface area contributed by atoms with Crippen LogP contribution >= 0.6 is 0 Å². The lowest BCUT2D eigenvalue weighted by Gasteiger charge is -2.45. The Bertz CT molecular complexity index is 646. The lowest BCUT2D eigenvalue weighted by molar-refractivity contribution is -0.155. The minimum absolute atomic E-state index is 0.0867. The van der Waals surface area contributed by atoms with Gasteiger partial charge in [0.1, 0.15) is 12.1 Å². The van der Waals surface area contributed by atoms with Crippen LogP contribution < -0.4 is 11.1 Å². The summed E-state index contributed by atoms with van der Waals surface area (Å²) in [4.78, 5) is 40.3. The van der Waals surface area contributed by atoms with Crippen molar-refractivity contribution in [2.75, 3.05) is 19.6 Å². The molecule has 1 aromatic carbocycles. The standard InChI is InChI=1S/C17H22N4O3/c1-11(18)16(23)20-7-8-21-14(10-20)15(22)19-13(17(21)24)9-12-5-3-2-4-6-12/h2-6,11,13-14H,7-10,18H2,1H3,(H,19,22). The van der Waals surface area contributed by atoms with Crippen LogP contribution in [0.25, 0.3) is 0 Å². The Kier molecular flexibility index (Phi) is 4.53. The van der Waals surface area contributed by atoms with Gasteiger partial charge >= 0.3 is 0 Å². The first-order valence-electron chi connectivity index (χ1n) is 8.16. The lowest BCUT2D eigenvalue weighted by Crippen LogP contribution is -2.70. The predicted molar refractivity (Wildman–Crippen MR) is 87.8 cm³/mol. The van der Waals surface area contributed by atoms with E-state index in [2.05, 4.69) is 5.32 Å². The molecule has 2 saturated heterocycles. The van der Waals surface area contributed by atoms with E-state index in [0.29, 0.717) is 19.5 Å². The highest BCUT2D eigenvalue weighted by Gasteiger charge is 2.44. The Balaban J connectivity index is 1.71. The smallest absolute Gasteiger partial charge is 0.246 e. The topological polar surface area (TPSA) is 95.7 Å². The van der Waals surface area contributed by atoms with Gasteiger partial charge in [-0.15, -0.1) is 0 Å². The van der Waals surface area contributed by atoms with Crippen LogP contribution in [0.2, 0.25) is 0 Å². The summed E-state index contributed by atoms with van der Waals surface area (Å²) in [5.74, 6) is -0.490. The zero-order valence-electron chi connectivity index (χ0n) is 13.6. The molecule has 7 nitrogen and oxygen atoms in total. The summed E-state index contributed by atoms with van der Waals surface area (Å²) in [6.07, 6.45) is 0.469. The molecule has 0 aromatic heterocycles. The van der Waals surface area contributed by atoms with E-state index in [1.165, 1.54) is 0 Å². The van der Waals surface area contributed by atoms with E-state index in [0.717, 1.165) is 5.56 Å². The normalized spacial score (nSPS) is 25.1. The number of piperazine rings is 2. The summed E-state index contributed by atoms with van der Waals surface area (Å²) < 4.78 is 0. The van der Waals surface area contributed by atoms with Gasteiger partial charge in [-0.1, -0.05) is 30.3 Å². The van der Waals surface area contributed by atoms with Gasteiger partial charge in [0, 0.05) is 19.5 Å². The molecule has 2 heterocycles. The van der Waals surface area contributed by atoms with Crippen molar-refractivity contribution < 1.29 is 14.4 Å². The van der Waals surface area contributed by atoms with E-state index >= 15 is 0 Å². The van der Waals surface area contributed by atoms with Crippen molar-refractivity contribution >= 4 is 17.7 Å². The number of hydrogen-bond donors (Lipinski definition) is 2. The first-order valence-corrected chi connectivity index (χ1v) is 8.16. The quantitative estimate of drug-likeness (QED) is 0.752. The summed E-state index contributed by atoms with van der Waals surface area (Å²) in [5.41, 5.74) is 6.63. The molecule has 0 radical (unpaired) electrons. The Morgan fingerprint density at radius 1 is 1.29 bits per heavy atom. The maximum absolute atomic E-state index is 12.7. The van der Waals surface area contributed by atoms with Crippen LogP contribution in [0, 0.1) is 0 Å². The number of fused-ring (bicyclic) bond motifs is 1. The van der Waals surface area contributed by atoms with Crippen LogP contribution in [0.3, 0.4) is 0 Å². The molecular weight excluding hydrogens is 308 g/mol. The first kappa shape index (κ1) is 16.4. The van der Waals surface area contributed by atoms with Crippen LogP contribution in [0.1, 0.15) is 12.5 Å². The second-order valence-corrected chi connectivity index (χ2v) is 6.37. The van der Waals surface area contributed by atoms with Crippen molar-refractivity contribution in [3.05, 3.63) is 35.9 Å². The molecule has 24 heavy (non-hydrogen) atoms. The van der Waals surface area contributed by atoms with E-state index in [1.807, 2.05) is 30.3 Å². The van der Waals surface area contributed by atoms with Crippen molar-refractivity contribution in [2.24, 2.45) is 5.73 Å². The van der Waals surface area contributed by atoms with Gasteiger partial charge in [-0.3, -0.25) is 14.4 Å². The van der Waals surface area contributed by atoms with Crippen LogP contribution in [0.4, 0.5) is 0 Å². The molecule has 3 amide bonds. The molecule has 0 spiro atoms. The number of carbonyl (C=O) groups is 3. The molecule has 3 N–H and O–H groups in total. The minimum atomic E-state index is -0.624. The fourth-order valence-electron chi connectivity index (χ4n) is 3.28. The van der Waals surface area contributed by atoms with E-state index in [9.17, 15) is 14.4 Å². The van der Waals surface area contributed by atoms with Crippen LogP contribution in [-0.4, -0.2) is 65.3 Å². The summed E-state index contributed by atoms with van der Waals surface area (Å²) in [7, 11) is 0. The number of carbonyl (C=O) groups excluding carboxylic acids is 3. The molecule has 3 atom stereocenters. The van der Waals surface area contributed by atoms with Gasteiger partial charge < -0.3 is 20.9 Å². The predicted octanol–water partition coefficient (Wildman–Crippen LogP) is -0.886. The van der Waals surface area contributed by atoms with Gasteiger partial charge in [0.05, 0.1) is 12.6 Å². The fourth-order valence-corrected chi connectivity index (χ4v) is 3.28.